The van der Waals surface area contributed by atoms with Crippen LogP contribution < -0.4 is 15.9 Å². The maximum Gasteiger partial charge on any atom is 0.453 e. The van der Waals surface area contributed by atoms with Crippen LogP contribution in [0.25, 0.3) is 0 Å². The highest BCUT2D eigenvalue weighted by Crippen LogP contribution is 2.64. The van der Waals surface area contributed by atoms with Gasteiger partial charge >= 0.3 is 7.75 Å². The van der Waals surface area contributed by atoms with Gasteiger partial charge < -0.3 is 0 Å². The van der Waals surface area contributed by atoms with Crippen molar-refractivity contribution in [1.82, 2.24) is 0 Å². The fraction of sp³-hybridized carbons (Fsp3) is 0.526. The quantitative estimate of drug-likeness (QED) is 0.232. The van der Waals surface area contributed by atoms with Crippen LogP contribution in [0.3, 0.4) is 0 Å². The van der Waals surface area contributed by atoms with E-state index in [0.29, 0.717) is 11.8 Å². The molecule has 2 aliphatic carbocycles. The van der Waals surface area contributed by atoms with Crippen molar-refractivity contribution in [3.05, 3.63) is 91.0 Å². The van der Waals surface area contributed by atoms with Gasteiger partial charge in [0.25, 0.3) is 0 Å². The van der Waals surface area contributed by atoms with Gasteiger partial charge in [0, 0.05) is 15.9 Å². The summed E-state index contributed by atoms with van der Waals surface area (Å²) < 4.78 is 34.5. The molecule has 44 heavy (non-hydrogen) atoms. The predicted molar refractivity (Wildman–Crippen MR) is 188 cm³/mol. The van der Waals surface area contributed by atoms with Gasteiger partial charge in [0.15, 0.2) is 0 Å². The monoisotopic (exact) mass is 633 g/mol. The van der Waals surface area contributed by atoms with E-state index in [1.54, 1.807) is 0 Å². The van der Waals surface area contributed by atoms with E-state index in [1.165, 1.54) is 0 Å². The molecule has 0 amide bonds. The second kappa shape index (κ2) is 13.8. The highest BCUT2D eigenvalue weighted by molar-refractivity contribution is 7.90. The highest BCUT2D eigenvalue weighted by Gasteiger charge is 2.41. The van der Waals surface area contributed by atoms with Crippen molar-refractivity contribution < 1.29 is 13.6 Å². The molecule has 0 N–H and O–H groups in total. The summed E-state index contributed by atoms with van der Waals surface area (Å²) in [6.45, 7) is 14.0. The summed E-state index contributed by atoms with van der Waals surface area (Å²) in [6, 6.07) is 31.2. The Balaban J connectivity index is 1.61. The molecule has 0 heterocycles. The van der Waals surface area contributed by atoms with Gasteiger partial charge in [0.05, 0.1) is 19.3 Å². The van der Waals surface area contributed by atoms with Gasteiger partial charge in [0.1, 0.15) is 0 Å². The van der Waals surface area contributed by atoms with Crippen molar-refractivity contribution in [2.45, 2.75) is 105 Å². The lowest BCUT2D eigenvalue weighted by atomic mass is 9.72. The van der Waals surface area contributed by atoms with Crippen molar-refractivity contribution >= 4 is 30.7 Å². The Labute approximate surface area is 267 Å². The third-order valence-electron chi connectivity index (χ3n) is 10.00. The second-order valence-electron chi connectivity index (χ2n) is 15.1. The highest BCUT2D eigenvalue weighted by atomic mass is 31.2. The van der Waals surface area contributed by atoms with E-state index in [-0.39, 0.29) is 23.0 Å². The normalized spacial score (nSPS) is 24.8. The molecule has 2 fully saturated rings. The molecule has 0 bridgehead atoms. The molecule has 6 heteroatoms. The van der Waals surface area contributed by atoms with Gasteiger partial charge in [-0.1, -0.05) is 133 Å². The van der Waals surface area contributed by atoms with Crippen LogP contribution in [0.1, 0.15) is 92.9 Å². The van der Waals surface area contributed by atoms with Crippen LogP contribution in [-0.2, 0) is 13.6 Å². The molecule has 0 spiro atoms. The molecule has 3 aromatic carbocycles. The van der Waals surface area contributed by atoms with Crippen LogP contribution >= 0.6 is 14.8 Å². The lowest BCUT2D eigenvalue weighted by Gasteiger charge is -2.39. The fourth-order valence-electron chi connectivity index (χ4n) is 7.21. The third-order valence-corrected chi connectivity index (χ3v) is 16.2. The zero-order chi connectivity index (χ0) is 31.4. The topological polar surface area (TPSA) is 47.9 Å². The average Bonchev–Trinajstić information content (AvgIpc) is 3.01. The zero-order valence-corrected chi connectivity index (χ0v) is 29.5. The van der Waals surface area contributed by atoms with Crippen molar-refractivity contribution in [2.24, 2.45) is 27.2 Å². The van der Waals surface area contributed by atoms with Gasteiger partial charge in [-0.05, 0) is 74.0 Å². The summed E-state index contributed by atoms with van der Waals surface area (Å²) in [5, 5.41) is 3.16. The molecule has 0 aliphatic heterocycles. The molecule has 5 rings (SSSR count). The summed E-state index contributed by atoms with van der Waals surface area (Å²) in [4.78, 5) is 0. The molecule has 0 saturated heterocycles. The largest absolute Gasteiger partial charge is 0.453 e. The van der Waals surface area contributed by atoms with Crippen molar-refractivity contribution in [1.29, 1.82) is 0 Å². The first-order chi connectivity index (χ1) is 20.9. The van der Waals surface area contributed by atoms with Gasteiger partial charge in [0.2, 0.25) is 0 Å². The predicted octanol–water partition coefficient (Wildman–Crippen LogP) is 10.5. The molecule has 3 aromatic rings. The second-order valence-corrected chi connectivity index (χ2v) is 20.0. The van der Waals surface area contributed by atoms with Crippen LogP contribution in [-0.4, -0.2) is 12.2 Å². The zero-order valence-electron chi connectivity index (χ0n) is 27.7. The van der Waals surface area contributed by atoms with Crippen LogP contribution in [0.4, 0.5) is 0 Å². The molecule has 2 aliphatic rings. The van der Waals surface area contributed by atoms with Crippen LogP contribution in [0.15, 0.2) is 95.5 Å². The summed E-state index contributed by atoms with van der Waals surface area (Å²) in [6.07, 6.45) is 7.57. The summed E-state index contributed by atoms with van der Waals surface area (Å²) in [7, 11) is -6.70. The summed E-state index contributed by atoms with van der Waals surface area (Å²) >= 11 is 0. The first kappa shape index (κ1) is 33.4. The van der Waals surface area contributed by atoms with Gasteiger partial charge in [-0.2, -0.15) is 4.52 Å². The van der Waals surface area contributed by atoms with E-state index in [4.69, 9.17) is 13.6 Å². The van der Waals surface area contributed by atoms with Crippen molar-refractivity contribution in [3.8, 4) is 0 Å². The lowest BCUT2D eigenvalue weighted by molar-refractivity contribution is 0.0421. The van der Waals surface area contributed by atoms with E-state index in [9.17, 15) is 0 Å². The minimum atomic E-state index is -3.92. The standard InChI is InChI=1S/C38H53NO3P2/c1-37(2,3)30-22-26-32(27-23-30)41-44(40,42-33-28-24-31(25-29-33)38(4,5)6)39-43(34-16-10-7-11-17-34,35-18-12-8-13-19-35)36-20-14-9-15-21-36/h7-21,30-33H,22-29H2,1-6H3. The van der Waals surface area contributed by atoms with Crippen molar-refractivity contribution in [3.63, 3.8) is 0 Å². The van der Waals surface area contributed by atoms with E-state index in [2.05, 4.69) is 114 Å². The van der Waals surface area contributed by atoms with Crippen LogP contribution in [0, 0.1) is 22.7 Å². The molecule has 0 aromatic heterocycles. The number of benzene rings is 3. The maximum atomic E-state index is 15.5. The smallest absolute Gasteiger partial charge is 0.288 e. The first-order valence-electron chi connectivity index (χ1n) is 16.7. The molecule has 0 radical (unpaired) electrons. The lowest BCUT2D eigenvalue weighted by Crippen LogP contribution is -2.31. The molecular weight excluding hydrogens is 580 g/mol. The molecular formula is C38H53NO3P2. The molecule has 0 unspecified atom stereocenters. The number of hydrogen-bond acceptors (Lipinski definition) is 3. The Morgan fingerprint density at radius 1 is 0.523 bits per heavy atom. The number of nitrogens with zero attached hydrogens (tertiary/aromatic N) is 1. The van der Waals surface area contributed by atoms with E-state index < -0.39 is 14.8 Å². The van der Waals surface area contributed by atoms with Crippen LogP contribution in [0.2, 0.25) is 0 Å². The van der Waals surface area contributed by atoms with Gasteiger partial charge in [-0.15, -0.1) is 0 Å². The van der Waals surface area contributed by atoms with Crippen LogP contribution in [0.5, 0.6) is 0 Å². The molecule has 2 saturated carbocycles. The minimum absolute atomic E-state index is 0.127. The Morgan fingerprint density at radius 3 is 1.09 bits per heavy atom. The minimum Gasteiger partial charge on any atom is -0.288 e. The summed E-state index contributed by atoms with van der Waals surface area (Å²) in [5.41, 5.74) is 0.520. The Kier molecular flexibility index (Phi) is 10.5. The Morgan fingerprint density at radius 2 is 0.818 bits per heavy atom. The van der Waals surface area contributed by atoms with Crippen molar-refractivity contribution in [2.75, 3.05) is 0 Å². The van der Waals surface area contributed by atoms with E-state index in [0.717, 1.165) is 67.3 Å². The number of rotatable bonds is 8. The third kappa shape index (κ3) is 7.87. The molecule has 238 valence electrons. The van der Waals surface area contributed by atoms with E-state index in [1.807, 2.05) is 18.2 Å². The first-order valence-corrected chi connectivity index (χ1v) is 19.9. The fourth-order valence-corrected chi connectivity index (χ4v) is 14.0. The maximum absolute atomic E-state index is 15.5. The molecule has 0 atom stereocenters. The molecule has 4 nitrogen and oxygen atoms in total. The summed E-state index contributed by atoms with van der Waals surface area (Å²) in [5.74, 6) is 1.27. The Hall–Kier alpha value is -1.96. The SMILES string of the molecule is CC(C)(C)C1CCC(OP(=O)(N=P(c2ccccc2)(c2ccccc2)c2ccccc2)OC2CCC(C(C)(C)C)CC2)CC1. The van der Waals surface area contributed by atoms with Gasteiger partial charge in [-0.3, -0.25) is 9.05 Å². The average molecular weight is 634 g/mol. The van der Waals surface area contributed by atoms with Gasteiger partial charge in [-0.25, -0.2) is 4.57 Å². The van der Waals surface area contributed by atoms with E-state index >= 15 is 4.57 Å². The number of hydrogen-bond donors (Lipinski definition) is 0. The Bertz CT molecular complexity index is 1280.